The summed E-state index contributed by atoms with van der Waals surface area (Å²) in [5.41, 5.74) is 0. The maximum Gasteiger partial charge on any atom is 0.0499 e. The number of hydrogen-bond acceptors (Lipinski definition) is 1. The average Bonchev–Trinajstić information content (AvgIpc) is 2.19. The van der Waals surface area contributed by atoms with Crippen molar-refractivity contribution >= 4 is 0 Å². The molecule has 0 radical (unpaired) electrons. The molecule has 2 fully saturated rings. The number of hydrogen-bond donors (Lipinski definition) is 0. The number of ether oxygens (including phenoxy) is 1. The SMILES string of the molecule is C.CC.CC1C(C)C2COCCC12. The van der Waals surface area contributed by atoms with Gasteiger partial charge in [-0.3, -0.25) is 0 Å². The fourth-order valence-corrected chi connectivity index (χ4v) is 2.61. The number of rotatable bonds is 0. The molecule has 1 heterocycles. The molecule has 4 atom stereocenters. The van der Waals surface area contributed by atoms with Gasteiger partial charge in [-0.2, -0.15) is 0 Å². The summed E-state index contributed by atoms with van der Waals surface area (Å²) < 4.78 is 5.42. The summed E-state index contributed by atoms with van der Waals surface area (Å²) in [6.07, 6.45) is 1.32. The lowest BCUT2D eigenvalue weighted by Gasteiger charge is -2.51. The Bertz CT molecular complexity index is 117. The second-order valence-corrected chi connectivity index (χ2v) is 3.91. The largest absolute Gasteiger partial charge is 0.381 e. The Hall–Kier alpha value is -0.0400. The van der Waals surface area contributed by atoms with Crippen LogP contribution in [0.4, 0.5) is 0 Å². The fourth-order valence-electron chi connectivity index (χ4n) is 2.61. The summed E-state index contributed by atoms with van der Waals surface area (Å²) in [7, 11) is 0. The Labute approximate surface area is 83.9 Å². The highest BCUT2D eigenvalue weighted by Crippen LogP contribution is 2.49. The normalized spacial score (nSPS) is 41.5. The smallest absolute Gasteiger partial charge is 0.0499 e. The third kappa shape index (κ3) is 2.25. The molecular formula is C12H26O. The van der Waals surface area contributed by atoms with E-state index in [1.165, 1.54) is 6.42 Å². The van der Waals surface area contributed by atoms with Crippen molar-refractivity contribution < 1.29 is 4.74 Å². The van der Waals surface area contributed by atoms with E-state index < -0.39 is 0 Å². The van der Waals surface area contributed by atoms with Crippen LogP contribution in [0.5, 0.6) is 0 Å². The molecule has 2 rings (SSSR count). The van der Waals surface area contributed by atoms with Crippen LogP contribution < -0.4 is 0 Å². The van der Waals surface area contributed by atoms with Crippen molar-refractivity contribution in [2.45, 2.75) is 41.5 Å². The first-order chi connectivity index (χ1) is 5.80. The van der Waals surface area contributed by atoms with E-state index in [0.29, 0.717) is 0 Å². The maximum absolute atomic E-state index is 5.42. The van der Waals surface area contributed by atoms with Gasteiger partial charge in [0.1, 0.15) is 0 Å². The molecule has 2 aliphatic rings. The predicted octanol–water partition coefficient (Wildman–Crippen LogP) is 3.59. The molecule has 80 valence electrons. The van der Waals surface area contributed by atoms with Gasteiger partial charge in [0.2, 0.25) is 0 Å². The second kappa shape index (κ2) is 5.64. The minimum Gasteiger partial charge on any atom is -0.381 e. The van der Waals surface area contributed by atoms with Gasteiger partial charge in [-0.05, 0) is 30.1 Å². The van der Waals surface area contributed by atoms with Crippen molar-refractivity contribution in [1.82, 2.24) is 0 Å². The molecule has 1 heteroatoms. The zero-order chi connectivity index (χ0) is 9.14. The predicted molar refractivity (Wildman–Crippen MR) is 58.8 cm³/mol. The molecule has 0 spiro atoms. The Morgan fingerprint density at radius 1 is 1.00 bits per heavy atom. The molecule has 13 heavy (non-hydrogen) atoms. The van der Waals surface area contributed by atoms with Crippen molar-refractivity contribution in [1.29, 1.82) is 0 Å². The van der Waals surface area contributed by atoms with Crippen molar-refractivity contribution in [3.8, 4) is 0 Å². The fraction of sp³-hybridized carbons (Fsp3) is 1.00. The number of fused-ring (bicyclic) bond motifs is 1. The van der Waals surface area contributed by atoms with Gasteiger partial charge >= 0.3 is 0 Å². The third-order valence-electron chi connectivity index (χ3n) is 3.64. The van der Waals surface area contributed by atoms with E-state index in [1.807, 2.05) is 13.8 Å². The third-order valence-corrected chi connectivity index (χ3v) is 3.64. The first kappa shape index (κ1) is 13.0. The standard InChI is InChI=1S/C9H16O.C2H6.CH4/c1-6-7(2)9-5-10-4-3-8(6)9;1-2;/h6-9H,3-5H2,1-2H3;1-2H3;1H4. The van der Waals surface area contributed by atoms with Crippen molar-refractivity contribution in [3.63, 3.8) is 0 Å². The highest BCUT2D eigenvalue weighted by atomic mass is 16.5. The van der Waals surface area contributed by atoms with Crippen molar-refractivity contribution in [2.75, 3.05) is 13.2 Å². The monoisotopic (exact) mass is 186 g/mol. The molecule has 0 N–H and O–H groups in total. The molecule has 0 amide bonds. The van der Waals surface area contributed by atoms with E-state index in [-0.39, 0.29) is 7.43 Å². The Balaban J connectivity index is 0.000000451. The van der Waals surface area contributed by atoms with E-state index >= 15 is 0 Å². The summed E-state index contributed by atoms with van der Waals surface area (Å²) in [6.45, 7) is 10.8. The summed E-state index contributed by atoms with van der Waals surface area (Å²) in [6, 6.07) is 0. The first-order valence-corrected chi connectivity index (χ1v) is 5.38. The molecule has 1 nitrogen and oxygen atoms in total. The molecule has 4 unspecified atom stereocenters. The highest BCUT2D eigenvalue weighted by Gasteiger charge is 2.45. The molecule has 0 aromatic rings. The Morgan fingerprint density at radius 2 is 1.54 bits per heavy atom. The molecule has 1 aliphatic heterocycles. The molecule has 0 aromatic heterocycles. The molecule has 0 aromatic carbocycles. The van der Waals surface area contributed by atoms with Crippen molar-refractivity contribution in [2.24, 2.45) is 23.7 Å². The molecule has 0 bridgehead atoms. The van der Waals surface area contributed by atoms with Gasteiger partial charge in [0.15, 0.2) is 0 Å². The Kier molecular flexibility index (Phi) is 5.62. The maximum atomic E-state index is 5.42. The first-order valence-electron chi connectivity index (χ1n) is 5.38. The topological polar surface area (TPSA) is 9.23 Å². The van der Waals surface area contributed by atoms with Gasteiger partial charge in [-0.1, -0.05) is 35.1 Å². The van der Waals surface area contributed by atoms with Gasteiger partial charge in [0.25, 0.3) is 0 Å². The van der Waals surface area contributed by atoms with Crippen LogP contribution in [-0.4, -0.2) is 13.2 Å². The minimum absolute atomic E-state index is 0. The zero-order valence-corrected chi connectivity index (χ0v) is 8.84. The summed E-state index contributed by atoms with van der Waals surface area (Å²) >= 11 is 0. The highest BCUT2D eigenvalue weighted by molar-refractivity contribution is 4.93. The van der Waals surface area contributed by atoms with Crippen LogP contribution in [0.3, 0.4) is 0 Å². The quantitative estimate of drug-likeness (QED) is 0.562. The van der Waals surface area contributed by atoms with Crippen LogP contribution in [-0.2, 0) is 4.74 Å². The zero-order valence-electron chi connectivity index (χ0n) is 8.84. The van der Waals surface area contributed by atoms with Gasteiger partial charge in [0.05, 0.1) is 0 Å². The molecule has 1 saturated carbocycles. The second-order valence-electron chi connectivity index (χ2n) is 3.91. The van der Waals surface area contributed by atoms with Crippen LogP contribution in [0.1, 0.15) is 41.5 Å². The van der Waals surface area contributed by atoms with Crippen LogP contribution >= 0.6 is 0 Å². The van der Waals surface area contributed by atoms with Crippen LogP contribution in [0.2, 0.25) is 0 Å². The lowest BCUT2D eigenvalue weighted by molar-refractivity contribution is -0.109. The van der Waals surface area contributed by atoms with E-state index in [4.69, 9.17) is 4.74 Å². The van der Waals surface area contributed by atoms with Crippen LogP contribution in [0, 0.1) is 23.7 Å². The van der Waals surface area contributed by atoms with Crippen molar-refractivity contribution in [3.05, 3.63) is 0 Å². The summed E-state index contributed by atoms with van der Waals surface area (Å²) in [5, 5.41) is 0. The van der Waals surface area contributed by atoms with Gasteiger partial charge in [-0.15, -0.1) is 0 Å². The van der Waals surface area contributed by atoms with Gasteiger partial charge < -0.3 is 4.74 Å². The van der Waals surface area contributed by atoms with E-state index in [2.05, 4.69) is 13.8 Å². The average molecular weight is 186 g/mol. The lowest BCUT2D eigenvalue weighted by atomic mass is 9.57. The van der Waals surface area contributed by atoms with Gasteiger partial charge in [-0.25, -0.2) is 0 Å². The minimum atomic E-state index is 0. The summed E-state index contributed by atoms with van der Waals surface area (Å²) in [5.74, 6) is 3.80. The van der Waals surface area contributed by atoms with E-state index in [0.717, 1.165) is 36.9 Å². The van der Waals surface area contributed by atoms with Crippen LogP contribution in [0.15, 0.2) is 0 Å². The molecular weight excluding hydrogens is 160 g/mol. The molecule has 1 aliphatic carbocycles. The van der Waals surface area contributed by atoms with Crippen LogP contribution in [0.25, 0.3) is 0 Å². The molecule has 1 saturated heterocycles. The lowest BCUT2D eigenvalue weighted by Crippen LogP contribution is -2.49. The van der Waals surface area contributed by atoms with E-state index in [1.54, 1.807) is 0 Å². The Morgan fingerprint density at radius 3 is 2.08 bits per heavy atom. The van der Waals surface area contributed by atoms with Gasteiger partial charge in [0, 0.05) is 13.2 Å². The summed E-state index contributed by atoms with van der Waals surface area (Å²) in [4.78, 5) is 0. The van der Waals surface area contributed by atoms with E-state index in [9.17, 15) is 0 Å².